The summed E-state index contributed by atoms with van der Waals surface area (Å²) < 4.78 is 38.7. The lowest BCUT2D eigenvalue weighted by atomic mass is 10.0. The van der Waals surface area contributed by atoms with Crippen molar-refractivity contribution in [2.24, 2.45) is 0 Å². The number of aromatic nitrogens is 1. The first-order chi connectivity index (χ1) is 12.4. The number of halogens is 1. The maximum absolute atomic E-state index is 13.2. The van der Waals surface area contributed by atoms with E-state index >= 15 is 0 Å². The Hall–Kier alpha value is -2.84. The maximum Gasteiger partial charge on any atom is 0.312 e. The Labute approximate surface area is 150 Å². The van der Waals surface area contributed by atoms with E-state index in [1.165, 1.54) is 24.3 Å². The molecule has 26 heavy (non-hydrogen) atoms. The van der Waals surface area contributed by atoms with Crippen LogP contribution in [0, 0.1) is 5.82 Å². The van der Waals surface area contributed by atoms with Gasteiger partial charge in [-0.15, -0.1) is 0 Å². The zero-order chi connectivity index (χ0) is 18.7. The van der Waals surface area contributed by atoms with E-state index < -0.39 is 22.9 Å². The van der Waals surface area contributed by atoms with Crippen LogP contribution >= 0.6 is 0 Å². The summed E-state index contributed by atoms with van der Waals surface area (Å²) in [5.74, 6) is -1.08. The SMILES string of the molecule is O=C(O)Cc1nc(-c2ccc(F)cc2)c(-c2ccc(CS(=O)O)cc2)o1. The van der Waals surface area contributed by atoms with Crippen molar-refractivity contribution in [3.8, 4) is 22.6 Å². The van der Waals surface area contributed by atoms with E-state index in [0.29, 0.717) is 28.1 Å². The standard InChI is InChI=1S/C18H14FNO5S/c19-14-7-5-12(6-8-14)17-18(25-15(20-17)9-16(21)22)13-3-1-11(2-4-13)10-26(23)24/h1-8H,9-10H2,(H,21,22)(H,23,24). The molecule has 8 heteroatoms. The van der Waals surface area contributed by atoms with Crippen LogP contribution < -0.4 is 0 Å². The Kier molecular flexibility index (Phi) is 5.24. The molecule has 0 aliphatic carbocycles. The molecule has 0 fully saturated rings. The number of hydrogen-bond acceptors (Lipinski definition) is 4. The predicted octanol–water partition coefficient (Wildman–Crippen LogP) is 3.50. The van der Waals surface area contributed by atoms with Gasteiger partial charge in [0.1, 0.15) is 17.9 Å². The van der Waals surface area contributed by atoms with Crippen molar-refractivity contribution in [1.29, 1.82) is 0 Å². The fourth-order valence-electron chi connectivity index (χ4n) is 2.46. The fraction of sp³-hybridized carbons (Fsp3) is 0.111. The first-order valence-corrected chi connectivity index (χ1v) is 8.84. The molecule has 0 aliphatic heterocycles. The highest BCUT2D eigenvalue weighted by molar-refractivity contribution is 7.78. The minimum absolute atomic E-state index is 0.00572. The quantitative estimate of drug-likeness (QED) is 0.640. The van der Waals surface area contributed by atoms with Gasteiger partial charge in [-0.1, -0.05) is 24.3 Å². The Morgan fingerprint density at radius 2 is 1.69 bits per heavy atom. The lowest BCUT2D eigenvalue weighted by Gasteiger charge is -2.03. The molecule has 0 spiro atoms. The summed E-state index contributed by atoms with van der Waals surface area (Å²) in [4.78, 5) is 15.2. The van der Waals surface area contributed by atoms with Gasteiger partial charge in [-0.05, 0) is 29.8 Å². The lowest BCUT2D eigenvalue weighted by molar-refractivity contribution is -0.136. The number of nitrogens with zero attached hydrogens (tertiary/aromatic N) is 1. The third-order valence-electron chi connectivity index (χ3n) is 3.60. The Bertz CT molecular complexity index is 951. The Morgan fingerprint density at radius 1 is 1.08 bits per heavy atom. The summed E-state index contributed by atoms with van der Waals surface area (Å²) in [5.41, 5.74) is 2.28. The molecule has 0 saturated heterocycles. The average molecular weight is 375 g/mol. The fourth-order valence-corrected chi connectivity index (χ4v) is 2.94. The smallest absolute Gasteiger partial charge is 0.312 e. The summed E-state index contributed by atoms with van der Waals surface area (Å²) in [6, 6.07) is 12.4. The molecule has 0 aliphatic rings. The van der Waals surface area contributed by atoms with Crippen LogP contribution in [0.3, 0.4) is 0 Å². The monoisotopic (exact) mass is 375 g/mol. The highest BCUT2D eigenvalue weighted by Crippen LogP contribution is 2.33. The van der Waals surface area contributed by atoms with E-state index in [0.717, 1.165) is 0 Å². The molecule has 3 aromatic rings. The average Bonchev–Trinajstić information content (AvgIpc) is 2.98. The van der Waals surface area contributed by atoms with E-state index in [-0.39, 0.29) is 18.1 Å². The maximum atomic E-state index is 13.2. The molecule has 6 nitrogen and oxygen atoms in total. The summed E-state index contributed by atoms with van der Waals surface area (Å²) in [6.07, 6.45) is -0.379. The van der Waals surface area contributed by atoms with Crippen LogP contribution in [0.4, 0.5) is 4.39 Å². The van der Waals surface area contributed by atoms with Crippen molar-refractivity contribution in [1.82, 2.24) is 4.98 Å². The first kappa shape index (κ1) is 18.0. The largest absolute Gasteiger partial charge is 0.481 e. The number of carboxylic acids is 1. The molecular weight excluding hydrogens is 361 g/mol. The van der Waals surface area contributed by atoms with E-state index in [1.807, 2.05) is 0 Å². The lowest BCUT2D eigenvalue weighted by Crippen LogP contribution is -1.99. The number of hydrogen-bond donors (Lipinski definition) is 2. The highest BCUT2D eigenvalue weighted by Gasteiger charge is 2.18. The van der Waals surface area contributed by atoms with E-state index in [9.17, 15) is 13.4 Å². The summed E-state index contributed by atoms with van der Waals surface area (Å²) in [5, 5.41) is 8.96. The zero-order valence-electron chi connectivity index (χ0n) is 13.4. The van der Waals surface area contributed by atoms with E-state index in [4.69, 9.17) is 14.1 Å². The summed E-state index contributed by atoms with van der Waals surface area (Å²) >= 11 is -1.94. The molecular formula is C18H14FNO5S. The highest BCUT2D eigenvalue weighted by atomic mass is 32.2. The number of rotatable bonds is 6. The van der Waals surface area contributed by atoms with Gasteiger partial charge in [0, 0.05) is 11.1 Å². The van der Waals surface area contributed by atoms with Gasteiger partial charge in [0.25, 0.3) is 0 Å². The summed E-state index contributed by atoms with van der Waals surface area (Å²) in [6.45, 7) is 0. The number of carboxylic acid groups (broad SMARTS) is 1. The molecule has 2 N–H and O–H groups in total. The van der Waals surface area contributed by atoms with Crippen molar-refractivity contribution in [3.63, 3.8) is 0 Å². The topological polar surface area (TPSA) is 101 Å². The van der Waals surface area contributed by atoms with Crippen LogP contribution in [0.1, 0.15) is 11.5 Å². The predicted molar refractivity (Wildman–Crippen MR) is 93.1 cm³/mol. The normalized spacial score (nSPS) is 12.1. The van der Waals surface area contributed by atoms with Gasteiger partial charge in [0.2, 0.25) is 5.89 Å². The molecule has 0 saturated carbocycles. The summed E-state index contributed by atoms with van der Waals surface area (Å²) in [7, 11) is 0. The number of oxazole rings is 1. The molecule has 1 aromatic heterocycles. The Morgan fingerprint density at radius 3 is 2.27 bits per heavy atom. The van der Waals surface area contributed by atoms with Gasteiger partial charge in [-0.3, -0.25) is 4.79 Å². The van der Waals surface area contributed by atoms with Crippen LogP contribution in [-0.2, 0) is 28.0 Å². The van der Waals surface area contributed by atoms with Gasteiger partial charge in [0.15, 0.2) is 16.8 Å². The minimum Gasteiger partial charge on any atom is -0.481 e. The number of benzene rings is 2. The minimum atomic E-state index is -1.94. The molecule has 0 bridgehead atoms. The molecule has 1 heterocycles. The van der Waals surface area contributed by atoms with Gasteiger partial charge >= 0.3 is 5.97 Å². The van der Waals surface area contributed by atoms with Crippen LogP contribution in [-0.4, -0.2) is 24.8 Å². The second kappa shape index (κ2) is 7.59. The number of aliphatic carboxylic acids is 1. The second-order valence-corrected chi connectivity index (χ2v) is 6.46. The molecule has 134 valence electrons. The van der Waals surface area contributed by atoms with Gasteiger partial charge < -0.3 is 14.1 Å². The first-order valence-electron chi connectivity index (χ1n) is 7.56. The molecule has 0 radical (unpaired) electrons. The second-order valence-electron chi connectivity index (χ2n) is 5.53. The Balaban J connectivity index is 2.03. The van der Waals surface area contributed by atoms with Gasteiger partial charge in [-0.25, -0.2) is 13.6 Å². The van der Waals surface area contributed by atoms with E-state index in [2.05, 4.69) is 4.98 Å². The molecule has 1 unspecified atom stereocenters. The molecule has 2 aromatic carbocycles. The van der Waals surface area contributed by atoms with Crippen molar-refractivity contribution in [2.45, 2.75) is 12.2 Å². The van der Waals surface area contributed by atoms with Crippen molar-refractivity contribution in [3.05, 3.63) is 65.8 Å². The molecule has 1 atom stereocenters. The van der Waals surface area contributed by atoms with Crippen molar-refractivity contribution in [2.75, 3.05) is 0 Å². The van der Waals surface area contributed by atoms with Crippen molar-refractivity contribution >= 4 is 17.0 Å². The molecule has 0 amide bonds. The molecule has 3 rings (SSSR count). The van der Waals surface area contributed by atoms with Crippen LogP contribution in [0.15, 0.2) is 52.9 Å². The van der Waals surface area contributed by atoms with E-state index in [1.54, 1.807) is 24.3 Å². The van der Waals surface area contributed by atoms with Crippen LogP contribution in [0.2, 0.25) is 0 Å². The zero-order valence-corrected chi connectivity index (χ0v) is 14.2. The number of carbonyl (C=O) groups is 1. The van der Waals surface area contributed by atoms with Gasteiger partial charge in [-0.2, -0.15) is 0 Å². The third kappa shape index (κ3) is 4.22. The third-order valence-corrected chi connectivity index (χ3v) is 4.18. The van der Waals surface area contributed by atoms with Crippen LogP contribution in [0.5, 0.6) is 0 Å². The van der Waals surface area contributed by atoms with Crippen LogP contribution in [0.25, 0.3) is 22.6 Å². The van der Waals surface area contributed by atoms with Gasteiger partial charge in [0.05, 0.1) is 5.75 Å². The van der Waals surface area contributed by atoms with Crippen molar-refractivity contribution < 1.29 is 27.5 Å².